The Hall–Kier alpha value is -1.37. The lowest BCUT2D eigenvalue weighted by atomic mass is 10.0. The van der Waals surface area contributed by atoms with Crippen molar-refractivity contribution < 1.29 is 4.57 Å². The summed E-state index contributed by atoms with van der Waals surface area (Å²) in [5, 5.41) is 0. The SMILES string of the molecule is CCCCCC/C=C/c1c(C)cc(C)c2[n+]1CC(C)C=C2. The van der Waals surface area contributed by atoms with Crippen molar-refractivity contribution in [2.24, 2.45) is 5.92 Å². The van der Waals surface area contributed by atoms with Gasteiger partial charge in [0.15, 0.2) is 6.54 Å². The fourth-order valence-corrected chi connectivity index (χ4v) is 3.16. The van der Waals surface area contributed by atoms with Gasteiger partial charge >= 0.3 is 0 Å². The molecule has 2 heterocycles. The van der Waals surface area contributed by atoms with Crippen LogP contribution in [-0.4, -0.2) is 0 Å². The van der Waals surface area contributed by atoms with Gasteiger partial charge in [-0.3, -0.25) is 0 Å². The molecule has 114 valence electrons. The molecular formula is C20H30N+. The first kappa shape index (κ1) is 16.0. The summed E-state index contributed by atoms with van der Waals surface area (Å²) < 4.78 is 2.50. The maximum absolute atomic E-state index is 2.50. The Morgan fingerprint density at radius 2 is 2.00 bits per heavy atom. The number of unbranched alkanes of at least 4 members (excludes halogenated alkanes) is 4. The van der Waals surface area contributed by atoms with Crippen molar-refractivity contribution in [2.45, 2.75) is 66.3 Å². The molecule has 0 bridgehead atoms. The molecule has 0 spiro atoms. The first-order valence-electron chi connectivity index (χ1n) is 8.52. The highest BCUT2D eigenvalue weighted by atomic mass is 15.0. The highest BCUT2D eigenvalue weighted by Crippen LogP contribution is 2.19. The molecule has 0 saturated carbocycles. The van der Waals surface area contributed by atoms with Gasteiger partial charge in [-0.15, -0.1) is 0 Å². The van der Waals surface area contributed by atoms with E-state index in [2.05, 4.69) is 62.6 Å². The third-order valence-electron chi connectivity index (χ3n) is 4.38. The van der Waals surface area contributed by atoms with E-state index in [0.29, 0.717) is 5.92 Å². The van der Waals surface area contributed by atoms with Crippen molar-refractivity contribution in [3.63, 3.8) is 0 Å². The third kappa shape index (κ3) is 4.06. The smallest absolute Gasteiger partial charge is 0.191 e. The van der Waals surface area contributed by atoms with E-state index >= 15 is 0 Å². The van der Waals surface area contributed by atoms with Crippen molar-refractivity contribution in [3.8, 4) is 0 Å². The minimum atomic E-state index is 0.625. The zero-order chi connectivity index (χ0) is 15.2. The molecule has 0 aromatic carbocycles. The Labute approximate surface area is 130 Å². The van der Waals surface area contributed by atoms with E-state index in [1.165, 1.54) is 54.6 Å². The molecule has 0 aliphatic carbocycles. The zero-order valence-electron chi connectivity index (χ0n) is 14.2. The lowest BCUT2D eigenvalue weighted by molar-refractivity contribution is -0.706. The van der Waals surface area contributed by atoms with E-state index in [1.54, 1.807) is 0 Å². The number of aryl methyl sites for hydroxylation is 2. The quantitative estimate of drug-likeness (QED) is 0.497. The molecule has 0 fully saturated rings. The maximum atomic E-state index is 2.50. The first-order valence-corrected chi connectivity index (χ1v) is 8.52. The van der Waals surface area contributed by atoms with Crippen LogP contribution in [0, 0.1) is 19.8 Å². The maximum Gasteiger partial charge on any atom is 0.208 e. The molecular weight excluding hydrogens is 254 g/mol. The van der Waals surface area contributed by atoms with Crippen molar-refractivity contribution in [1.29, 1.82) is 0 Å². The van der Waals surface area contributed by atoms with Gasteiger partial charge < -0.3 is 0 Å². The van der Waals surface area contributed by atoms with Crippen molar-refractivity contribution in [3.05, 3.63) is 40.7 Å². The summed E-state index contributed by atoms with van der Waals surface area (Å²) in [6.45, 7) is 10.1. The minimum Gasteiger partial charge on any atom is -0.191 e. The second-order valence-electron chi connectivity index (χ2n) is 6.48. The van der Waals surface area contributed by atoms with Gasteiger partial charge in [-0.25, -0.2) is 0 Å². The largest absolute Gasteiger partial charge is 0.208 e. The second kappa shape index (κ2) is 7.59. The predicted octanol–water partition coefficient (Wildman–Crippen LogP) is 5.24. The van der Waals surface area contributed by atoms with Crippen LogP contribution >= 0.6 is 0 Å². The summed E-state index contributed by atoms with van der Waals surface area (Å²) in [6.07, 6.45) is 15.9. The molecule has 1 aliphatic heterocycles. The van der Waals surface area contributed by atoms with Crippen molar-refractivity contribution in [2.75, 3.05) is 0 Å². The molecule has 0 radical (unpaired) electrons. The normalized spacial score (nSPS) is 17.4. The fourth-order valence-electron chi connectivity index (χ4n) is 3.16. The molecule has 2 rings (SSSR count). The van der Waals surface area contributed by atoms with Gasteiger partial charge in [0.2, 0.25) is 11.4 Å². The van der Waals surface area contributed by atoms with Crippen molar-refractivity contribution in [1.82, 2.24) is 0 Å². The number of hydrogen-bond donors (Lipinski definition) is 0. The van der Waals surface area contributed by atoms with Crippen LogP contribution in [0.4, 0.5) is 0 Å². The van der Waals surface area contributed by atoms with Gasteiger partial charge in [-0.05, 0) is 32.8 Å². The monoisotopic (exact) mass is 284 g/mol. The lowest BCUT2D eigenvalue weighted by Gasteiger charge is -2.15. The summed E-state index contributed by atoms with van der Waals surface area (Å²) in [7, 11) is 0. The molecule has 1 heteroatoms. The van der Waals surface area contributed by atoms with Crippen LogP contribution in [0.1, 0.15) is 68.5 Å². The lowest BCUT2D eigenvalue weighted by Crippen LogP contribution is -2.45. The zero-order valence-corrected chi connectivity index (χ0v) is 14.2. The van der Waals surface area contributed by atoms with E-state index in [4.69, 9.17) is 0 Å². The number of pyridine rings is 1. The fraction of sp³-hybridized carbons (Fsp3) is 0.550. The summed E-state index contributed by atoms with van der Waals surface area (Å²) in [5.41, 5.74) is 5.55. The molecule has 1 aromatic rings. The topological polar surface area (TPSA) is 3.88 Å². The summed E-state index contributed by atoms with van der Waals surface area (Å²) in [4.78, 5) is 0. The Kier molecular flexibility index (Phi) is 5.78. The first-order chi connectivity index (χ1) is 10.1. The van der Waals surface area contributed by atoms with Crippen LogP contribution in [0.5, 0.6) is 0 Å². The Morgan fingerprint density at radius 3 is 2.76 bits per heavy atom. The molecule has 0 amide bonds. The van der Waals surface area contributed by atoms with Gasteiger partial charge in [0.1, 0.15) is 0 Å². The highest BCUT2D eigenvalue weighted by molar-refractivity contribution is 5.53. The van der Waals surface area contributed by atoms with E-state index in [0.717, 1.165) is 6.54 Å². The van der Waals surface area contributed by atoms with E-state index in [1.807, 2.05) is 0 Å². The number of allylic oxidation sites excluding steroid dienone is 2. The van der Waals surface area contributed by atoms with Gasteiger partial charge in [0.25, 0.3) is 0 Å². The number of rotatable bonds is 6. The number of aromatic nitrogens is 1. The van der Waals surface area contributed by atoms with Crippen molar-refractivity contribution >= 4 is 12.2 Å². The number of nitrogens with zero attached hydrogens (tertiary/aromatic N) is 1. The minimum absolute atomic E-state index is 0.625. The predicted molar refractivity (Wildman–Crippen MR) is 92.1 cm³/mol. The Balaban J connectivity index is 2.16. The number of hydrogen-bond acceptors (Lipinski definition) is 0. The summed E-state index contributed by atoms with van der Waals surface area (Å²) >= 11 is 0. The molecule has 1 aliphatic rings. The van der Waals surface area contributed by atoms with Crippen LogP contribution < -0.4 is 4.57 Å². The van der Waals surface area contributed by atoms with E-state index in [9.17, 15) is 0 Å². The second-order valence-corrected chi connectivity index (χ2v) is 6.48. The molecule has 1 unspecified atom stereocenters. The average Bonchev–Trinajstić information content (AvgIpc) is 2.45. The standard InChI is InChI=1S/C20H30N/c1-5-6-7-8-9-10-11-19-17(3)14-18(4)20-13-12-16(2)15-21(19)20/h10-14,16H,5-9,15H2,1-4H3/q+1/b11-10+. The average molecular weight is 284 g/mol. The van der Waals surface area contributed by atoms with Gasteiger partial charge in [0.05, 0.1) is 0 Å². The molecule has 1 atom stereocenters. The molecule has 0 saturated heterocycles. The van der Waals surface area contributed by atoms with Crippen LogP contribution in [0.15, 0.2) is 18.2 Å². The van der Waals surface area contributed by atoms with Crippen LogP contribution in [0.25, 0.3) is 12.2 Å². The highest BCUT2D eigenvalue weighted by Gasteiger charge is 2.23. The summed E-state index contributed by atoms with van der Waals surface area (Å²) in [6, 6.07) is 2.32. The Bertz CT molecular complexity index is 537. The van der Waals surface area contributed by atoms with Gasteiger partial charge in [-0.1, -0.05) is 45.3 Å². The summed E-state index contributed by atoms with van der Waals surface area (Å²) in [5.74, 6) is 0.625. The van der Waals surface area contributed by atoms with Crippen LogP contribution in [-0.2, 0) is 6.54 Å². The van der Waals surface area contributed by atoms with Gasteiger partial charge in [-0.2, -0.15) is 4.57 Å². The molecule has 1 nitrogen and oxygen atoms in total. The van der Waals surface area contributed by atoms with Gasteiger partial charge in [0, 0.05) is 29.2 Å². The molecule has 0 N–H and O–H groups in total. The van der Waals surface area contributed by atoms with E-state index < -0.39 is 0 Å². The van der Waals surface area contributed by atoms with Crippen LogP contribution in [0.2, 0.25) is 0 Å². The Morgan fingerprint density at radius 1 is 1.19 bits per heavy atom. The van der Waals surface area contributed by atoms with Crippen LogP contribution in [0.3, 0.4) is 0 Å². The third-order valence-corrected chi connectivity index (χ3v) is 4.38. The number of fused-ring (bicyclic) bond motifs is 1. The molecule has 1 aromatic heterocycles. The molecule has 21 heavy (non-hydrogen) atoms. The van der Waals surface area contributed by atoms with E-state index in [-0.39, 0.29) is 0 Å².